The Labute approximate surface area is 162 Å². The van der Waals surface area contributed by atoms with Gasteiger partial charge in [-0.1, -0.05) is 29.3 Å². The molecule has 1 N–H and O–H groups in total. The monoisotopic (exact) mass is 395 g/mol. The summed E-state index contributed by atoms with van der Waals surface area (Å²) in [5.41, 5.74) is 1.63. The molecular formula is C20H29NO5S. The number of rotatable bonds is 6. The highest BCUT2D eigenvalue weighted by Gasteiger charge is 2.21. The number of aryl methyl sites for hydroxylation is 1. The average molecular weight is 396 g/mol. The van der Waals surface area contributed by atoms with Crippen molar-refractivity contribution >= 4 is 16.2 Å². The average Bonchev–Trinajstić information content (AvgIpc) is 2.55. The van der Waals surface area contributed by atoms with E-state index in [1.165, 1.54) is 0 Å². The summed E-state index contributed by atoms with van der Waals surface area (Å²) in [7, 11) is -3.72. The predicted octanol–water partition coefficient (Wildman–Crippen LogP) is 4.09. The number of amides is 1. The highest BCUT2D eigenvalue weighted by atomic mass is 32.2. The van der Waals surface area contributed by atoms with Crippen LogP contribution in [0.15, 0.2) is 40.8 Å². The van der Waals surface area contributed by atoms with Crippen LogP contribution in [0.4, 0.5) is 4.79 Å². The van der Waals surface area contributed by atoms with Gasteiger partial charge in [0.05, 0.1) is 11.5 Å². The van der Waals surface area contributed by atoms with E-state index in [-0.39, 0.29) is 17.5 Å². The van der Waals surface area contributed by atoms with Gasteiger partial charge in [-0.25, -0.2) is 4.79 Å². The van der Waals surface area contributed by atoms with Gasteiger partial charge in [0.25, 0.3) is 10.1 Å². The van der Waals surface area contributed by atoms with Gasteiger partial charge in [-0.05, 0) is 65.5 Å². The van der Waals surface area contributed by atoms with Gasteiger partial charge in [-0.15, -0.1) is 0 Å². The molecule has 1 atom stereocenters. The van der Waals surface area contributed by atoms with Crippen LogP contribution in [0.5, 0.6) is 0 Å². The Hall–Kier alpha value is -1.86. The van der Waals surface area contributed by atoms with E-state index in [1.54, 1.807) is 24.3 Å². The van der Waals surface area contributed by atoms with Crippen molar-refractivity contribution in [1.29, 1.82) is 0 Å². The maximum absolute atomic E-state index is 12.2. The Morgan fingerprint density at radius 2 is 1.89 bits per heavy atom. The molecular weight excluding hydrogens is 366 g/mol. The van der Waals surface area contributed by atoms with Crippen LogP contribution in [0.25, 0.3) is 0 Å². The summed E-state index contributed by atoms with van der Waals surface area (Å²) >= 11 is 0. The second-order valence-corrected chi connectivity index (χ2v) is 9.43. The van der Waals surface area contributed by atoms with E-state index in [4.69, 9.17) is 8.92 Å². The molecule has 0 aliphatic heterocycles. The third kappa shape index (κ3) is 7.34. The maximum atomic E-state index is 12.2. The van der Waals surface area contributed by atoms with Crippen molar-refractivity contribution in [3.05, 3.63) is 41.5 Å². The zero-order valence-corrected chi connectivity index (χ0v) is 17.3. The second-order valence-electron chi connectivity index (χ2n) is 7.82. The number of alkyl carbamates (subject to hydrolysis) is 1. The molecule has 0 aromatic heterocycles. The van der Waals surface area contributed by atoms with Gasteiger partial charge in [0.15, 0.2) is 0 Å². The Bertz CT molecular complexity index is 776. The number of carbonyl (C=O) groups excluding carboxylic acids is 1. The Balaban J connectivity index is 1.77. The molecule has 6 nitrogen and oxygen atoms in total. The number of hydrogen-bond donors (Lipinski definition) is 1. The van der Waals surface area contributed by atoms with Crippen molar-refractivity contribution in [2.75, 3.05) is 6.61 Å². The van der Waals surface area contributed by atoms with E-state index >= 15 is 0 Å². The van der Waals surface area contributed by atoms with Crippen LogP contribution < -0.4 is 5.32 Å². The largest absolute Gasteiger partial charge is 0.444 e. The number of nitrogens with one attached hydrogen (secondary N) is 1. The molecule has 1 aliphatic carbocycles. The van der Waals surface area contributed by atoms with E-state index in [0.29, 0.717) is 12.8 Å². The van der Waals surface area contributed by atoms with Gasteiger partial charge in [0.2, 0.25) is 0 Å². The van der Waals surface area contributed by atoms with Crippen LogP contribution in [-0.4, -0.2) is 32.8 Å². The lowest BCUT2D eigenvalue weighted by molar-refractivity contribution is 0.0501. The third-order valence-electron chi connectivity index (χ3n) is 4.20. The molecule has 1 unspecified atom stereocenters. The van der Waals surface area contributed by atoms with Crippen LogP contribution in [-0.2, 0) is 19.0 Å². The molecule has 2 rings (SSSR count). The Kier molecular flexibility index (Phi) is 7.06. The summed E-state index contributed by atoms with van der Waals surface area (Å²) in [6.45, 7) is 7.51. The molecule has 0 bridgehead atoms. The molecule has 7 heteroatoms. The smallest absolute Gasteiger partial charge is 0.407 e. The lowest BCUT2D eigenvalue weighted by Crippen LogP contribution is -2.39. The SMILES string of the molecule is Cc1ccc(S(=O)(=O)OCCC2=CCC(NC(=O)OC(C)(C)C)CC2)cc1. The zero-order chi connectivity index (χ0) is 20.1. The Morgan fingerprint density at radius 3 is 2.44 bits per heavy atom. The summed E-state index contributed by atoms with van der Waals surface area (Å²) in [5.74, 6) is 0. The molecule has 0 saturated carbocycles. The van der Waals surface area contributed by atoms with E-state index in [1.807, 2.05) is 33.8 Å². The summed E-state index contributed by atoms with van der Waals surface area (Å²) in [6.07, 6.45) is 4.51. The number of benzene rings is 1. The summed E-state index contributed by atoms with van der Waals surface area (Å²) in [5, 5.41) is 2.87. The lowest BCUT2D eigenvalue weighted by Gasteiger charge is -2.25. The van der Waals surface area contributed by atoms with Gasteiger partial charge < -0.3 is 10.1 Å². The van der Waals surface area contributed by atoms with Crippen molar-refractivity contribution in [1.82, 2.24) is 5.32 Å². The normalized spacial score (nSPS) is 17.9. The van der Waals surface area contributed by atoms with Gasteiger partial charge >= 0.3 is 6.09 Å². The van der Waals surface area contributed by atoms with Crippen LogP contribution >= 0.6 is 0 Å². The van der Waals surface area contributed by atoms with Gasteiger partial charge in [0.1, 0.15) is 5.60 Å². The first-order valence-electron chi connectivity index (χ1n) is 9.19. The van der Waals surface area contributed by atoms with Crippen LogP contribution in [0, 0.1) is 6.92 Å². The van der Waals surface area contributed by atoms with Crippen LogP contribution in [0.1, 0.15) is 52.0 Å². The quantitative estimate of drug-likeness (QED) is 0.579. The first-order chi connectivity index (χ1) is 12.5. The summed E-state index contributed by atoms with van der Waals surface area (Å²) < 4.78 is 34.7. The van der Waals surface area contributed by atoms with Crippen molar-refractivity contribution < 1.29 is 22.1 Å². The molecule has 1 aliphatic rings. The fourth-order valence-corrected chi connectivity index (χ4v) is 3.68. The van der Waals surface area contributed by atoms with E-state index in [2.05, 4.69) is 5.32 Å². The Morgan fingerprint density at radius 1 is 1.22 bits per heavy atom. The molecule has 0 saturated heterocycles. The molecule has 0 fully saturated rings. The van der Waals surface area contributed by atoms with Crippen molar-refractivity contribution in [3.63, 3.8) is 0 Å². The standard InChI is InChI=1S/C20H29NO5S/c1-15-5-11-18(12-6-15)27(23,24)25-14-13-16-7-9-17(10-8-16)21-19(22)26-20(2,3)4/h5-7,11-12,17H,8-10,13-14H2,1-4H3,(H,21,22). The molecule has 0 radical (unpaired) electrons. The highest BCUT2D eigenvalue weighted by molar-refractivity contribution is 7.86. The molecule has 1 aromatic carbocycles. The predicted molar refractivity (Wildman–Crippen MR) is 104 cm³/mol. The highest BCUT2D eigenvalue weighted by Crippen LogP contribution is 2.22. The minimum absolute atomic E-state index is 0.0424. The molecule has 27 heavy (non-hydrogen) atoms. The number of hydrogen-bond acceptors (Lipinski definition) is 5. The second kappa shape index (κ2) is 8.89. The molecule has 0 spiro atoms. The fraction of sp³-hybridized carbons (Fsp3) is 0.550. The first kappa shape index (κ1) is 21.4. The maximum Gasteiger partial charge on any atom is 0.407 e. The zero-order valence-electron chi connectivity index (χ0n) is 16.4. The molecule has 1 amide bonds. The van der Waals surface area contributed by atoms with E-state index in [0.717, 1.165) is 24.0 Å². The van der Waals surface area contributed by atoms with Crippen LogP contribution in [0.2, 0.25) is 0 Å². The van der Waals surface area contributed by atoms with E-state index in [9.17, 15) is 13.2 Å². The fourth-order valence-electron chi connectivity index (χ4n) is 2.78. The summed E-state index contributed by atoms with van der Waals surface area (Å²) in [4.78, 5) is 12.0. The molecule has 150 valence electrons. The van der Waals surface area contributed by atoms with Gasteiger partial charge in [0, 0.05) is 6.04 Å². The number of carbonyl (C=O) groups is 1. The minimum atomic E-state index is -3.72. The summed E-state index contributed by atoms with van der Waals surface area (Å²) in [6, 6.07) is 6.64. The van der Waals surface area contributed by atoms with Gasteiger partial charge in [-0.3, -0.25) is 4.18 Å². The lowest BCUT2D eigenvalue weighted by atomic mass is 9.94. The first-order valence-corrected chi connectivity index (χ1v) is 10.6. The molecule has 1 aromatic rings. The van der Waals surface area contributed by atoms with Gasteiger partial charge in [-0.2, -0.15) is 8.42 Å². The van der Waals surface area contributed by atoms with Crippen molar-refractivity contribution in [2.45, 2.75) is 69.9 Å². The van der Waals surface area contributed by atoms with E-state index < -0.39 is 21.8 Å². The van der Waals surface area contributed by atoms with Crippen molar-refractivity contribution in [2.24, 2.45) is 0 Å². The third-order valence-corrected chi connectivity index (χ3v) is 5.52. The minimum Gasteiger partial charge on any atom is -0.444 e. The molecule has 0 heterocycles. The van der Waals surface area contributed by atoms with Crippen molar-refractivity contribution in [3.8, 4) is 0 Å². The number of ether oxygens (including phenoxy) is 1. The topological polar surface area (TPSA) is 81.7 Å². The van der Waals surface area contributed by atoms with Crippen LogP contribution in [0.3, 0.4) is 0 Å².